The Labute approximate surface area is 121 Å². The van der Waals surface area contributed by atoms with Gasteiger partial charge in [0.15, 0.2) is 0 Å². The van der Waals surface area contributed by atoms with Crippen LogP contribution in [-0.4, -0.2) is 4.83 Å². The molecule has 0 aromatic heterocycles. The largest absolute Gasteiger partial charge is 0.0880 e. The van der Waals surface area contributed by atoms with Crippen molar-refractivity contribution in [3.63, 3.8) is 0 Å². The third-order valence-corrected chi connectivity index (χ3v) is 4.89. The maximum Gasteiger partial charge on any atom is 0.0406 e. The number of hydrogen-bond donors (Lipinski definition) is 0. The zero-order valence-electron chi connectivity index (χ0n) is 9.94. The van der Waals surface area contributed by atoms with Gasteiger partial charge in [0.1, 0.15) is 0 Å². The Morgan fingerprint density at radius 3 is 2.56 bits per heavy atom. The van der Waals surface area contributed by atoms with Gasteiger partial charge in [-0.3, -0.25) is 0 Å². The van der Waals surface area contributed by atoms with Crippen LogP contribution in [0.5, 0.6) is 0 Å². The summed E-state index contributed by atoms with van der Waals surface area (Å²) in [6, 6.07) is 16.9. The van der Waals surface area contributed by atoms with Gasteiger partial charge in [-0.15, -0.1) is 0 Å². The molecule has 0 spiro atoms. The van der Waals surface area contributed by atoms with Gasteiger partial charge < -0.3 is 0 Å². The molecule has 92 valence electrons. The third kappa shape index (κ3) is 2.34. The highest BCUT2D eigenvalue weighted by Crippen LogP contribution is 2.41. The normalized spacial score (nSPS) is 18.9. The van der Waals surface area contributed by atoms with Crippen LogP contribution in [0.1, 0.15) is 22.6 Å². The van der Waals surface area contributed by atoms with Crippen LogP contribution in [0.25, 0.3) is 0 Å². The van der Waals surface area contributed by atoms with Crippen molar-refractivity contribution in [3.8, 4) is 0 Å². The van der Waals surface area contributed by atoms with E-state index < -0.39 is 0 Å². The molecule has 0 saturated heterocycles. The Morgan fingerprint density at radius 1 is 1.11 bits per heavy atom. The van der Waals surface area contributed by atoms with E-state index in [4.69, 9.17) is 11.6 Å². The molecular weight excluding hydrogens is 308 g/mol. The van der Waals surface area contributed by atoms with Gasteiger partial charge >= 0.3 is 0 Å². The van der Waals surface area contributed by atoms with Gasteiger partial charge in [0.2, 0.25) is 0 Å². The van der Waals surface area contributed by atoms with Crippen molar-refractivity contribution in [1.29, 1.82) is 0 Å². The molecule has 0 N–H and O–H groups in total. The van der Waals surface area contributed by atoms with Crippen LogP contribution in [0.2, 0.25) is 5.02 Å². The molecule has 2 unspecified atom stereocenters. The lowest BCUT2D eigenvalue weighted by Crippen LogP contribution is -2.26. The van der Waals surface area contributed by atoms with E-state index in [1.165, 1.54) is 23.1 Å². The Bertz CT molecular complexity index is 547. The summed E-state index contributed by atoms with van der Waals surface area (Å²) >= 11 is 9.75. The highest BCUT2D eigenvalue weighted by Gasteiger charge is 2.31. The summed E-state index contributed by atoms with van der Waals surface area (Å²) < 4.78 is 0. The van der Waals surface area contributed by atoms with E-state index in [2.05, 4.69) is 52.3 Å². The molecule has 0 aliphatic heterocycles. The van der Waals surface area contributed by atoms with Crippen molar-refractivity contribution in [2.45, 2.75) is 23.6 Å². The zero-order chi connectivity index (χ0) is 12.5. The quantitative estimate of drug-likeness (QED) is 0.699. The summed E-state index contributed by atoms with van der Waals surface area (Å²) in [6.45, 7) is 0. The number of hydrogen-bond acceptors (Lipinski definition) is 0. The smallest absolute Gasteiger partial charge is 0.0406 e. The summed E-state index contributed by atoms with van der Waals surface area (Å²) in [5.74, 6) is 0.650. The number of halogens is 2. The third-order valence-electron chi connectivity index (χ3n) is 3.67. The topological polar surface area (TPSA) is 0 Å². The molecule has 2 aromatic rings. The zero-order valence-corrected chi connectivity index (χ0v) is 12.3. The predicted molar refractivity (Wildman–Crippen MR) is 80.8 cm³/mol. The maximum absolute atomic E-state index is 5.90. The van der Waals surface area contributed by atoms with Crippen molar-refractivity contribution in [3.05, 3.63) is 70.2 Å². The Balaban J connectivity index is 1.70. The first kappa shape index (κ1) is 12.3. The molecule has 2 atom stereocenters. The number of fused-ring (bicyclic) bond motifs is 1. The highest BCUT2D eigenvalue weighted by atomic mass is 79.9. The minimum Gasteiger partial charge on any atom is -0.0880 e. The van der Waals surface area contributed by atoms with E-state index in [0.29, 0.717) is 10.7 Å². The second kappa shape index (κ2) is 5.07. The molecule has 1 aliphatic rings. The van der Waals surface area contributed by atoms with Crippen LogP contribution in [0.4, 0.5) is 0 Å². The molecule has 0 amide bonds. The van der Waals surface area contributed by atoms with Crippen molar-refractivity contribution >= 4 is 27.5 Å². The molecule has 2 heteroatoms. The fourth-order valence-electron chi connectivity index (χ4n) is 2.61. The summed E-state index contributed by atoms with van der Waals surface area (Å²) in [4.78, 5) is 0.508. The Morgan fingerprint density at radius 2 is 1.83 bits per heavy atom. The molecule has 18 heavy (non-hydrogen) atoms. The van der Waals surface area contributed by atoms with Gasteiger partial charge in [-0.25, -0.2) is 0 Å². The summed E-state index contributed by atoms with van der Waals surface area (Å²) in [5.41, 5.74) is 4.35. The highest BCUT2D eigenvalue weighted by molar-refractivity contribution is 9.09. The van der Waals surface area contributed by atoms with Gasteiger partial charge in [0.25, 0.3) is 0 Å². The van der Waals surface area contributed by atoms with Crippen LogP contribution < -0.4 is 0 Å². The van der Waals surface area contributed by atoms with E-state index >= 15 is 0 Å². The SMILES string of the molecule is Clc1ccc(CC(Br)C2Cc3ccccc32)cc1. The lowest BCUT2D eigenvalue weighted by molar-refractivity contribution is 0.581. The molecule has 0 bridgehead atoms. The summed E-state index contributed by atoms with van der Waals surface area (Å²) in [6.07, 6.45) is 2.25. The molecule has 3 rings (SSSR count). The van der Waals surface area contributed by atoms with E-state index in [-0.39, 0.29) is 0 Å². The minimum atomic E-state index is 0.508. The predicted octanol–water partition coefficient (Wildman–Crippen LogP) is 4.99. The molecule has 0 heterocycles. The van der Waals surface area contributed by atoms with Crippen molar-refractivity contribution in [1.82, 2.24) is 0 Å². The minimum absolute atomic E-state index is 0.508. The van der Waals surface area contributed by atoms with E-state index in [9.17, 15) is 0 Å². The molecule has 0 saturated carbocycles. The van der Waals surface area contributed by atoms with Crippen LogP contribution >= 0.6 is 27.5 Å². The Kier molecular flexibility index (Phi) is 3.45. The van der Waals surface area contributed by atoms with E-state index in [0.717, 1.165) is 11.4 Å². The first-order valence-electron chi connectivity index (χ1n) is 6.20. The first-order valence-corrected chi connectivity index (χ1v) is 7.50. The van der Waals surface area contributed by atoms with E-state index in [1.807, 2.05) is 12.1 Å². The number of rotatable bonds is 3. The molecule has 0 fully saturated rings. The monoisotopic (exact) mass is 320 g/mol. The van der Waals surface area contributed by atoms with Crippen molar-refractivity contribution in [2.75, 3.05) is 0 Å². The van der Waals surface area contributed by atoms with Gasteiger partial charge in [-0.1, -0.05) is 63.9 Å². The fourth-order valence-corrected chi connectivity index (χ4v) is 3.58. The van der Waals surface area contributed by atoms with Gasteiger partial charge in [0, 0.05) is 15.8 Å². The Hall–Kier alpha value is -0.790. The van der Waals surface area contributed by atoms with E-state index in [1.54, 1.807) is 0 Å². The van der Waals surface area contributed by atoms with Crippen LogP contribution in [0.3, 0.4) is 0 Å². The summed E-state index contributed by atoms with van der Waals surface area (Å²) in [5, 5.41) is 0.805. The van der Waals surface area contributed by atoms with Crippen LogP contribution in [-0.2, 0) is 12.8 Å². The fraction of sp³-hybridized carbons (Fsp3) is 0.250. The number of benzene rings is 2. The van der Waals surface area contributed by atoms with Gasteiger partial charge in [-0.2, -0.15) is 0 Å². The maximum atomic E-state index is 5.90. The van der Waals surface area contributed by atoms with Crippen LogP contribution in [0.15, 0.2) is 48.5 Å². The average molecular weight is 322 g/mol. The molecule has 2 aromatic carbocycles. The van der Waals surface area contributed by atoms with Crippen molar-refractivity contribution in [2.24, 2.45) is 0 Å². The lowest BCUT2D eigenvalue weighted by Gasteiger charge is -2.34. The van der Waals surface area contributed by atoms with Crippen LogP contribution in [0, 0.1) is 0 Å². The second-order valence-corrected chi connectivity index (χ2v) is 6.47. The average Bonchev–Trinajstić information content (AvgIpc) is 2.34. The summed E-state index contributed by atoms with van der Waals surface area (Å²) in [7, 11) is 0. The van der Waals surface area contributed by atoms with Gasteiger partial charge in [0.05, 0.1) is 0 Å². The van der Waals surface area contributed by atoms with Crippen molar-refractivity contribution < 1.29 is 0 Å². The second-order valence-electron chi connectivity index (χ2n) is 4.86. The number of alkyl halides is 1. The molecule has 0 radical (unpaired) electrons. The molecule has 1 aliphatic carbocycles. The first-order chi connectivity index (χ1) is 8.74. The standard InChI is InChI=1S/C16H14BrCl/c17-16(9-11-5-7-13(18)8-6-11)15-10-12-3-1-2-4-14(12)15/h1-8,15-16H,9-10H2. The van der Waals surface area contributed by atoms with Gasteiger partial charge in [-0.05, 0) is 41.7 Å². The molecular formula is C16H14BrCl. The lowest BCUT2D eigenvalue weighted by atomic mass is 9.75. The molecule has 0 nitrogen and oxygen atoms in total.